The van der Waals surface area contributed by atoms with Crippen molar-refractivity contribution in [1.29, 1.82) is 0 Å². The maximum atomic E-state index is 11.7. The van der Waals surface area contributed by atoms with Gasteiger partial charge in [-0.2, -0.15) is 5.10 Å². The summed E-state index contributed by atoms with van der Waals surface area (Å²) in [5.41, 5.74) is 3.66. The van der Waals surface area contributed by atoms with E-state index in [1.165, 1.54) is 19.4 Å². The topological polar surface area (TPSA) is 83.0 Å². The molecule has 0 fully saturated rings. The number of nitrogens with one attached hydrogen (secondary N) is 2. The fourth-order valence-corrected chi connectivity index (χ4v) is 2.16. The van der Waals surface area contributed by atoms with E-state index in [1.807, 2.05) is 24.3 Å². The minimum atomic E-state index is -0.302. The first kappa shape index (κ1) is 16.8. The number of rotatable bonds is 6. The highest BCUT2D eigenvalue weighted by molar-refractivity contribution is 9.10. The number of phenols is 1. The number of hydrogen-bond donors (Lipinski definition) is 3. The number of amides is 1. The van der Waals surface area contributed by atoms with Crippen molar-refractivity contribution in [2.45, 2.75) is 0 Å². The minimum Gasteiger partial charge on any atom is -0.507 e. The molecule has 0 heterocycles. The largest absolute Gasteiger partial charge is 0.507 e. The molecule has 7 heteroatoms. The summed E-state index contributed by atoms with van der Waals surface area (Å²) in [6, 6.07) is 12.2. The first-order valence-corrected chi connectivity index (χ1v) is 7.56. The van der Waals surface area contributed by atoms with Crippen molar-refractivity contribution >= 4 is 33.7 Å². The van der Waals surface area contributed by atoms with E-state index in [9.17, 15) is 9.90 Å². The highest BCUT2D eigenvalue weighted by atomic mass is 79.9. The van der Waals surface area contributed by atoms with Crippen LogP contribution in [-0.4, -0.2) is 30.9 Å². The summed E-state index contributed by atoms with van der Waals surface area (Å²) in [5, 5.41) is 16.5. The smallest absolute Gasteiger partial charge is 0.259 e. The Hall–Kier alpha value is -2.54. The Morgan fingerprint density at radius 3 is 2.91 bits per heavy atom. The zero-order valence-electron chi connectivity index (χ0n) is 12.4. The molecule has 0 saturated heterocycles. The van der Waals surface area contributed by atoms with Gasteiger partial charge in [-0.15, -0.1) is 0 Å². The van der Waals surface area contributed by atoms with Crippen LogP contribution in [0.1, 0.15) is 5.56 Å². The highest BCUT2D eigenvalue weighted by Gasteiger charge is 2.02. The van der Waals surface area contributed by atoms with Crippen molar-refractivity contribution in [1.82, 2.24) is 5.43 Å². The number of carbonyl (C=O) groups is 1. The summed E-state index contributed by atoms with van der Waals surface area (Å²) >= 11 is 3.36. The SMILES string of the molecule is COc1ccc(O)c(C=NNC(=O)CNc2cccc(Br)c2)c1. The molecule has 2 aromatic carbocycles. The van der Waals surface area contributed by atoms with Gasteiger partial charge in [-0.3, -0.25) is 4.79 Å². The molecule has 0 spiro atoms. The second kappa shape index (κ2) is 8.19. The lowest BCUT2D eigenvalue weighted by Crippen LogP contribution is -2.25. The third-order valence-corrected chi connectivity index (χ3v) is 3.40. The van der Waals surface area contributed by atoms with Gasteiger partial charge < -0.3 is 15.2 Å². The molecular formula is C16H16BrN3O3. The standard InChI is InChI=1S/C16H16BrN3O3/c1-23-14-5-6-15(21)11(7-14)9-19-20-16(22)10-18-13-4-2-3-12(17)8-13/h2-9,18,21H,10H2,1H3,(H,20,22). The molecule has 0 saturated carbocycles. The van der Waals surface area contributed by atoms with Crippen molar-refractivity contribution in [3.8, 4) is 11.5 Å². The first-order chi connectivity index (χ1) is 11.1. The van der Waals surface area contributed by atoms with Crippen LogP contribution in [0.2, 0.25) is 0 Å². The molecule has 2 rings (SSSR count). The van der Waals surface area contributed by atoms with Crippen LogP contribution in [0.25, 0.3) is 0 Å². The zero-order chi connectivity index (χ0) is 16.7. The summed E-state index contributed by atoms with van der Waals surface area (Å²) in [7, 11) is 1.53. The van der Waals surface area contributed by atoms with Gasteiger partial charge in [0.2, 0.25) is 0 Å². The van der Waals surface area contributed by atoms with Crippen LogP contribution in [0.5, 0.6) is 11.5 Å². The molecular weight excluding hydrogens is 362 g/mol. The van der Waals surface area contributed by atoms with E-state index >= 15 is 0 Å². The summed E-state index contributed by atoms with van der Waals surface area (Å²) < 4.78 is 5.99. The van der Waals surface area contributed by atoms with Gasteiger partial charge in [0.15, 0.2) is 0 Å². The van der Waals surface area contributed by atoms with E-state index in [1.54, 1.807) is 12.1 Å². The Balaban J connectivity index is 1.86. The van der Waals surface area contributed by atoms with Gasteiger partial charge in [0.1, 0.15) is 11.5 Å². The van der Waals surface area contributed by atoms with E-state index in [0.717, 1.165) is 10.2 Å². The van der Waals surface area contributed by atoms with Gasteiger partial charge >= 0.3 is 0 Å². The molecule has 1 amide bonds. The van der Waals surface area contributed by atoms with Crippen LogP contribution in [-0.2, 0) is 4.79 Å². The summed E-state index contributed by atoms with van der Waals surface area (Å²) in [4.78, 5) is 11.7. The Labute approximate surface area is 142 Å². The van der Waals surface area contributed by atoms with Crippen LogP contribution in [0, 0.1) is 0 Å². The van der Waals surface area contributed by atoms with Gasteiger partial charge in [-0.25, -0.2) is 5.43 Å². The summed E-state index contributed by atoms with van der Waals surface area (Å²) in [5.74, 6) is 0.339. The molecule has 0 unspecified atom stereocenters. The number of phenolic OH excluding ortho intramolecular Hbond substituents is 1. The number of hydrazone groups is 1. The quantitative estimate of drug-likeness (QED) is 0.533. The molecule has 0 aliphatic heterocycles. The monoisotopic (exact) mass is 377 g/mol. The van der Waals surface area contributed by atoms with E-state index in [-0.39, 0.29) is 18.2 Å². The molecule has 0 radical (unpaired) electrons. The summed E-state index contributed by atoms with van der Waals surface area (Å²) in [6.07, 6.45) is 1.36. The molecule has 0 aliphatic rings. The number of aromatic hydroxyl groups is 1. The lowest BCUT2D eigenvalue weighted by atomic mass is 10.2. The molecule has 0 atom stereocenters. The van der Waals surface area contributed by atoms with Crippen LogP contribution >= 0.6 is 15.9 Å². The third kappa shape index (κ3) is 5.30. The van der Waals surface area contributed by atoms with Crippen LogP contribution in [0.15, 0.2) is 52.0 Å². The van der Waals surface area contributed by atoms with Crippen molar-refractivity contribution in [2.75, 3.05) is 19.0 Å². The first-order valence-electron chi connectivity index (χ1n) is 6.77. The normalized spacial score (nSPS) is 10.5. The fourth-order valence-electron chi connectivity index (χ4n) is 1.76. The zero-order valence-corrected chi connectivity index (χ0v) is 14.0. The molecule has 120 valence electrons. The van der Waals surface area contributed by atoms with Crippen molar-refractivity contribution in [2.24, 2.45) is 5.10 Å². The average Bonchev–Trinajstić information content (AvgIpc) is 2.55. The number of ether oxygens (including phenoxy) is 1. The fraction of sp³-hybridized carbons (Fsp3) is 0.125. The molecule has 0 aromatic heterocycles. The highest BCUT2D eigenvalue weighted by Crippen LogP contribution is 2.20. The van der Waals surface area contributed by atoms with Crippen LogP contribution in [0.3, 0.4) is 0 Å². The van der Waals surface area contributed by atoms with Crippen molar-refractivity contribution in [3.05, 3.63) is 52.5 Å². The molecule has 0 bridgehead atoms. The Morgan fingerprint density at radius 2 is 2.17 bits per heavy atom. The van der Waals surface area contributed by atoms with E-state index in [0.29, 0.717) is 11.3 Å². The van der Waals surface area contributed by atoms with Crippen molar-refractivity contribution < 1.29 is 14.6 Å². The molecule has 23 heavy (non-hydrogen) atoms. The average molecular weight is 378 g/mol. The van der Waals surface area contributed by atoms with Gasteiger partial charge in [0.05, 0.1) is 19.9 Å². The van der Waals surface area contributed by atoms with Gasteiger partial charge in [-0.05, 0) is 36.4 Å². The molecule has 6 nitrogen and oxygen atoms in total. The molecule has 0 aliphatic carbocycles. The second-order valence-corrected chi connectivity index (χ2v) is 5.50. The number of hydrogen-bond acceptors (Lipinski definition) is 5. The van der Waals surface area contributed by atoms with Crippen LogP contribution < -0.4 is 15.5 Å². The lowest BCUT2D eigenvalue weighted by Gasteiger charge is -2.06. The Bertz CT molecular complexity index is 719. The number of methoxy groups -OCH3 is 1. The maximum Gasteiger partial charge on any atom is 0.259 e. The predicted molar refractivity (Wildman–Crippen MR) is 93.0 cm³/mol. The minimum absolute atomic E-state index is 0.0519. The number of nitrogens with zero attached hydrogens (tertiary/aromatic N) is 1. The Morgan fingerprint density at radius 1 is 1.35 bits per heavy atom. The summed E-state index contributed by atoms with van der Waals surface area (Å²) in [6.45, 7) is 0.0812. The Kier molecular flexibility index (Phi) is 5.99. The van der Waals surface area contributed by atoms with E-state index in [2.05, 4.69) is 31.8 Å². The predicted octanol–water partition coefficient (Wildman–Crippen LogP) is 2.73. The molecule has 2 aromatic rings. The van der Waals surface area contributed by atoms with Gasteiger partial charge in [0, 0.05) is 15.7 Å². The number of benzene rings is 2. The van der Waals surface area contributed by atoms with Gasteiger partial charge in [0.25, 0.3) is 5.91 Å². The van der Waals surface area contributed by atoms with Crippen LogP contribution in [0.4, 0.5) is 5.69 Å². The third-order valence-electron chi connectivity index (χ3n) is 2.91. The number of carbonyl (C=O) groups excluding carboxylic acids is 1. The number of anilines is 1. The lowest BCUT2D eigenvalue weighted by molar-refractivity contribution is -0.119. The van der Waals surface area contributed by atoms with E-state index < -0.39 is 0 Å². The second-order valence-electron chi connectivity index (χ2n) is 4.58. The maximum absolute atomic E-state index is 11.7. The van der Waals surface area contributed by atoms with Crippen molar-refractivity contribution in [3.63, 3.8) is 0 Å². The molecule has 3 N–H and O–H groups in total. The number of halogens is 1. The van der Waals surface area contributed by atoms with E-state index in [4.69, 9.17) is 4.74 Å². The van der Waals surface area contributed by atoms with Gasteiger partial charge in [-0.1, -0.05) is 22.0 Å².